The number of carbonyl (C=O) groups excluding carboxylic acids is 1. The first-order valence-corrected chi connectivity index (χ1v) is 9.87. The Morgan fingerprint density at radius 1 is 1.12 bits per heavy atom. The van der Waals surface area contributed by atoms with Gasteiger partial charge in [0, 0.05) is 6.54 Å². The van der Waals surface area contributed by atoms with Crippen LogP contribution in [0.25, 0.3) is 0 Å². The monoisotopic (exact) mass is 345 g/mol. The molecule has 4 aliphatic rings. The molecule has 136 valence electrons. The molecule has 3 aliphatic heterocycles. The summed E-state index contributed by atoms with van der Waals surface area (Å²) >= 11 is 0. The van der Waals surface area contributed by atoms with Gasteiger partial charge in [-0.05, 0) is 62.4 Å². The molecule has 0 N–H and O–H groups in total. The summed E-state index contributed by atoms with van der Waals surface area (Å²) in [7, 11) is 0. The van der Waals surface area contributed by atoms with E-state index in [2.05, 4.69) is 4.90 Å². The molecule has 1 aliphatic carbocycles. The quantitative estimate of drug-likeness (QED) is 0.611. The van der Waals surface area contributed by atoms with Gasteiger partial charge in [0.25, 0.3) is 0 Å². The van der Waals surface area contributed by atoms with Crippen molar-refractivity contribution in [3.05, 3.63) is 35.6 Å². The molecule has 1 atom stereocenters. The van der Waals surface area contributed by atoms with Gasteiger partial charge in [-0.3, -0.25) is 9.69 Å². The highest BCUT2D eigenvalue weighted by molar-refractivity contribution is 5.83. The van der Waals surface area contributed by atoms with Crippen molar-refractivity contribution in [3.8, 4) is 0 Å². The topological polar surface area (TPSA) is 29.5 Å². The Labute approximate surface area is 149 Å². The molecule has 3 saturated heterocycles. The van der Waals surface area contributed by atoms with Crippen molar-refractivity contribution >= 4 is 5.97 Å². The highest BCUT2D eigenvalue weighted by Gasteiger charge is 2.45. The zero-order valence-corrected chi connectivity index (χ0v) is 14.9. The van der Waals surface area contributed by atoms with E-state index >= 15 is 0 Å². The van der Waals surface area contributed by atoms with Gasteiger partial charge in [-0.2, -0.15) is 0 Å². The molecule has 0 amide bonds. The molecule has 0 radical (unpaired) electrons. The number of piperidine rings is 3. The number of benzene rings is 1. The number of ether oxygens (including phenoxy) is 1. The summed E-state index contributed by atoms with van der Waals surface area (Å²) in [6.07, 6.45) is 8.12. The minimum Gasteiger partial charge on any atom is -0.460 e. The summed E-state index contributed by atoms with van der Waals surface area (Å²) in [4.78, 5) is 15.8. The number of esters is 1. The van der Waals surface area contributed by atoms with E-state index in [0.29, 0.717) is 5.92 Å². The fourth-order valence-corrected chi connectivity index (χ4v) is 5.02. The molecule has 1 saturated carbocycles. The van der Waals surface area contributed by atoms with Crippen molar-refractivity contribution < 1.29 is 13.9 Å². The average molecular weight is 345 g/mol. The van der Waals surface area contributed by atoms with Crippen LogP contribution >= 0.6 is 0 Å². The lowest BCUT2D eigenvalue weighted by Crippen LogP contribution is -2.53. The van der Waals surface area contributed by atoms with Crippen LogP contribution in [0.5, 0.6) is 0 Å². The second kappa shape index (κ2) is 7.06. The third-order valence-electron chi connectivity index (χ3n) is 6.58. The van der Waals surface area contributed by atoms with Gasteiger partial charge in [0.05, 0.1) is 5.41 Å². The Morgan fingerprint density at radius 2 is 1.84 bits per heavy atom. The summed E-state index contributed by atoms with van der Waals surface area (Å²) in [5.74, 6) is 0.125. The Hall–Kier alpha value is -1.42. The smallest absolute Gasteiger partial charge is 0.316 e. The van der Waals surface area contributed by atoms with Crippen molar-refractivity contribution in [2.75, 3.05) is 19.6 Å². The number of halogens is 1. The van der Waals surface area contributed by atoms with Gasteiger partial charge < -0.3 is 4.74 Å². The first-order chi connectivity index (χ1) is 12.2. The lowest BCUT2D eigenvalue weighted by atomic mass is 9.74. The van der Waals surface area contributed by atoms with Crippen molar-refractivity contribution in [1.29, 1.82) is 0 Å². The standard InChI is InChI=1S/C21H28FNO2/c22-18-7-5-6-17(14-18)21(10-3-1-2-4-11-21)20(24)25-19-15-23-12-8-16(19)9-13-23/h5-7,14,16,19H,1-4,8-13,15H2. The fourth-order valence-electron chi connectivity index (χ4n) is 5.02. The Kier molecular flexibility index (Phi) is 4.81. The van der Waals surface area contributed by atoms with E-state index in [0.717, 1.165) is 76.6 Å². The predicted octanol–water partition coefficient (Wildman–Crippen LogP) is 4.06. The SMILES string of the molecule is O=C(OC1CN2CCC1CC2)C1(c2cccc(F)c2)CCCCCC1. The minimum atomic E-state index is -0.662. The molecule has 0 spiro atoms. The molecule has 2 bridgehead atoms. The van der Waals surface area contributed by atoms with Crippen LogP contribution in [-0.2, 0) is 14.9 Å². The van der Waals surface area contributed by atoms with Crippen molar-refractivity contribution in [2.45, 2.75) is 62.9 Å². The lowest BCUT2D eigenvalue weighted by molar-refractivity contribution is -0.166. The van der Waals surface area contributed by atoms with E-state index in [1.165, 1.54) is 6.07 Å². The van der Waals surface area contributed by atoms with E-state index in [1.807, 2.05) is 6.07 Å². The van der Waals surface area contributed by atoms with Crippen molar-refractivity contribution in [2.24, 2.45) is 5.92 Å². The molecular formula is C21H28FNO2. The molecule has 1 aromatic carbocycles. The number of nitrogens with zero attached hydrogens (tertiary/aromatic N) is 1. The zero-order chi connectivity index (χ0) is 17.3. The highest BCUT2D eigenvalue weighted by Crippen LogP contribution is 2.41. The maximum absolute atomic E-state index is 13.9. The van der Waals surface area contributed by atoms with Gasteiger partial charge >= 0.3 is 5.97 Å². The van der Waals surface area contributed by atoms with E-state index in [4.69, 9.17) is 4.74 Å². The largest absolute Gasteiger partial charge is 0.460 e. The van der Waals surface area contributed by atoms with Gasteiger partial charge in [-0.1, -0.05) is 37.8 Å². The van der Waals surface area contributed by atoms with Crippen LogP contribution in [0.4, 0.5) is 4.39 Å². The first kappa shape index (κ1) is 17.0. The number of fused-ring (bicyclic) bond motifs is 3. The third kappa shape index (κ3) is 3.33. The molecule has 4 heteroatoms. The summed E-state index contributed by atoms with van der Waals surface area (Å²) in [5.41, 5.74) is 0.144. The van der Waals surface area contributed by atoms with E-state index in [-0.39, 0.29) is 17.9 Å². The summed E-state index contributed by atoms with van der Waals surface area (Å²) in [5, 5.41) is 0. The second-order valence-corrected chi connectivity index (χ2v) is 8.09. The van der Waals surface area contributed by atoms with Crippen LogP contribution in [0.2, 0.25) is 0 Å². The highest BCUT2D eigenvalue weighted by atomic mass is 19.1. The van der Waals surface area contributed by atoms with Gasteiger partial charge in [0.15, 0.2) is 0 Å². The fraction of sp³-hybridized carbons (Fsp3) is 0.667. The summed E-state index contributed by atoms with van der Waals surface area (Å²) < 4.78 is 20.0. The average Bonchev–Trinajstić information content (AvgIpc) is 2.90. The Morgan fingerprint density at radius 3 is 2.44 bits per heavy atom. The molecular weight excluding hydrogens is 317 g/mol. The van der Waals surface area contributed by atoms with Crippen LogP contribution < -0.4 is 0 Å². The molecule has 0 aromatic heterocycles. The van der Waals surface area contributed by atoms with Gasteiger partial charge in [0.2, 0.25) is 0 Å². The number of hydrogen-bond acceptors (Lipinski definition) is 3. The van der Waals surface area contributed by atoms with Crippen molar-refractivity contribution in [3.63, 3.8) is 0 Å². The molecule has 3 nitrogen and oxygen atoms in total. The minimum absolute atomic E-state index is 0.0173. The van der Waals surface area contributed by atoms with E-state index < -0.39 is 5.41 Å². The van der Waals surface area contributed by atoms with Crippen LogP contribution in [0.15, 0.2) is 24.3 Å². The van der Waals surface area contributed by atoms with Gasteiger partial charge in [-0.25, -0.2) is 4.39 Å². The molecule has 25 heavy (non-hydrogen) atoms. The molecule has 1 aromatic rings. The van der Waals surface area contributed by atoms with Crippen LogP contribution in [-0.4, -0.2) is 36.6 Å². The number of rotatable bonds is 3. The van der Waals surface area contributed by atoms with Crippen LogP contribution in [0.3, 0.4) is 0 Å². The van der Waals surface area contributed by atoms with E-state index in [1.54, 1.807) is 12.1 Å². The van der Waals surface area contributed by atoms with Crippen LogP contribution in [0, 0.1) is 11.7 Å². The molecule has 5 rings (SSSR count). The Balaban J connectivity index is 1.60. The first-order valence-electron chi connectivity index (χ1n) is 9.87. The zero-order valence-electron chi connectivity index (χ0n) is 14.9. The maximum Gasteiger partial charge on any atom is 0.316 e. The Bertz CT molecular complexity index is 616. The van der Waals surface area contributed by atoms with Crippen LogP contribution in [0.1, 0.15) is 56.9 Å². The van der Waals surface area contributed by atoms with Gasteiger partial charge in [-0.15, -0.1) is 0 Å². The predicted molar refractivity (Wildman–Crippen MR) is 94.8 cm³/mol. The third-order valence-corrected chi connectivity index (χ3v) is 6.58. The molecule has 1 unspecified atom stereocenters. The van der Waals surface area contributed by atoms with Gasteiger partial charge in [0.1, 0.15) is 11.9 Å². The molecule has 4 fully saturated rings. The number of hydrogen-bond donors (Lipinski definition) is 0. The van der Waals surface area contributed by atoms with E-state index in [9.17, 15) is 9.18 Å². The summed E-state index contributed by atoms with van der Waals surface area (Å²) in [6.45, 7) is 3.14. The summed E-state index contributed by atoms with van der Waals surface area (Å²) in [6, 6.07) is 6.63. The maximum atomic E-state index is 13.9. The molecule has 3 heterocycles. The number of carbonyl (C=O) groups is 1. The lowest BCUT2D eigenvalue weighted by Gasteiger charge is -2.45. The van der Waals surface area contributed by atoms with Crippen molar-refractivity contribution in [1.82, 2.24) is 4.90 Å². The normalized spacial score (nSPS) is 31.3. The second-order valence-electron chi connectivity index (χ2n) is 8.09.